The summed E-state index contributed by atoms with van der Waals surface area (Å²) in [5.41, 5.74) is 2.09. The molecule has 3 aromatic rings. The molecule has 6 heteroatoms. The number of fused-ring (bicyclic) bond motifs is 1. The number of carbonyl (C=O) groups is 2. The Bertz CT molecular complexity index is 916. The van der Waals surface area contributed by atoms with Gasteiger partial charge in [0.2, 0.25) is 5.91 Å². The van der Waals surface area contributed by atoms with E-state index in [1.54, 1.807) is 31.2 Å². The van der Waals surface area contributed by atoms with Crippen molar-refractivity contribution in [3.8, 4) is 0 Å². The normalized spacial score (nSPS) is 10.6. The van der Waals surface area contributed by atoms with Crippen molar-refractivity contribution < 1.29 is 14.3 Å². The summed E-state index contributed by atoms with van der Waals surface area (Å²) in [5.74, 6) is -0.505. The van der Waals surface area contributed by atoms with Crippen LogP contribution in [0.3, 0.4) is 0 Å². The van der Waals surface area contributed by atoms with E-state index in [0.29, 0.717) is 17.9 Å². The van der Waals surface area contributed by atoms with Crippen LogP contribution in [0.2, 0.25) is 0 Å². The van der Waals surface area contributed by atoms with Crippen LogP contribution in [-0.4, -0.2) is 23.1 Å². The summed E-state index contributed by atoms with van der Waals surface area (Å²) in [6, 6.07) is 14.6. The Hall–Kier alpha value is -2.60. The van der Waals surface area contributed by atoms with E-state index >= 15 is 0 Å². The molecule has 25 heavy (non-hydrogen) atoms. The molecule has 1 aromatic heterocycles. The van der Waals surface area contributed by atoms with Gasteiger partial charge in [-0.3, -0.25) is 4.79 Å². The lowest BCUT2D eigenvalue weighted by Gasteiger charge is -2.08. The van der Waals surface area contributed by atoms with Crippen molar-refractivity contribution in [2.45, 2.75) is 13.5 Å². The fourth-order valence-corrected chi connectivity index (χ4v) is 2.95. The highest BCUT2D eigenvalue weighted by atomic mass is 79.9. The van der Waals surface area contributed by atoms with E-state index in [9.17, 15) is 9.59 Å². The third-order valence-electron chi connectivity index (χ3n) is 3.73. The van der Waals surface area contributed by atoms with Gasteiger partial charge in [0.15, 0.2) is 0 Å². The molecule has 0 atom stereocenters. The smallest absolute Gasteiger partial charge is 0.338 e. The van der Waals surface area contributed by atoms with Crippen molar-refractivity contribution >= 4 is 44.4 Å². The van der Waals surface area contributed by atoms with Gasteiger partial charge in [-0.1, -0.05) is 15.9 Å². The average molecular weight is 401 g/mol. The number of aromatic nitrogens is 1. The molecule has 0 unspecified atom stereocenters. The largest absolute Gasteiger partial charge is 0.462 e. The van der Waals surface area contributed by atoms with Gasteiger partial charge >= 0.3 is 5.97 Å². The number of halogens is 1. The number of nitrogens with zero attached hydrogens (tertiary/aromatic N) is 1. The molecule has 1 N–H and O–H groups in total. The van der Waals surface area contributed by atoms with Crippen LogP contribution < -0.4 is 5.32 Å². The predicted octanol–water partition coefficient (Wildman–Crippen LogP) is 4.22. The number of hydrogen-bond acceptors (Lipinski definition) is 3. The number of anilines is 1. The summed E-state index contributed by atoms with van der Waals surface area (Å²) in [6.07, 6.45) is 1.89. The van der Waals surface area contributed by atoms with E-state index in [4.69, 9.17) is 4.74 Å². The molecule has 0 fully saturated rings. The second-order valence-electron chi connectivity index (χ2n) is 5.49. The second kappa shape index (κ2) is 7.53. The minimum absolute atomic E-state index is 0.135. The van der Waals surface area contributed by atoms with Gasteiger partial charge in [0, 0.05) is 27.3 Å². The maximum atomic E-state index is 12.3. The number of ether oxygens (including phenoxy) is 1. The SMILES string of the molecule is CCOC(=O)c1ccc(NC(=O)Cn2ccc3cc(Br)ccc32)cc1. The van der Waals surface area contributed by atoms with Crippen LogP contribution in [0.25, 0.3) is 10.9 Å². The van der Waals surface area contributed by atoms with E-state index < -0.39 is 0 Å². The van der Waals surface area contributed by atoms with Gasteiger partial charge in [0.05, 0.1) is 12.2 Å². The Morgan fingerprint density at radius 1 is 1.12 bits per heavy atom. The monoisotopic (exact) mass is 400 g/mol. The number of carbonyl (C=O) groups excluding carboxylic acids is 2. The van der Waals surface area contributed by atoms with Gasteiger partial charge in [-0.05, 0) is 55.5 Å². The first-order valence-corrected chi connectivity index (χ1v) is 8.67. The van der Waals surface area contributed by atoms with Crippen LogP contribution in [0.1, 0.15) is 17.3 Å². The van der Waals surface area contributed by atoms with Crippen LogP contribution in [0.15, 0.2) is 59.2 Å². The summed E-state index contributed by atoms with van der Waals surface area (Å²) in [7, 11) is 0. The van der Waals surface area contributed by atoms with E-state index in [0.717, 1.165) is 15.4 Å². The fraction of sp³-hybridized carbons (Fsp3) is 0.158. The number of rotatable bonds is 5. The predicted molar refractivity (Wildman–Crippen MR) is 101 cm³/mol. The van der Waals surface area contributed by atoms with E-state index in [2.05, 4.69) is 21.2 Å². The first-order chi connectivity index (χ1) is 12.1. The minimum Gasteiger partial charge on any atom is -0.462 e. The van der Waals surface area contributed by atoms with Crippen molar-refractivity contribution in [3.05, 3.63) is 64.8 Å². The molecule has 2 aromatic carbocycles. The van der Waals surface area contributed by atoms with Crippen LogP contribution in [-0.2, 0) is 16.1 Å². The highest BCUT2D eigenvalue weighted by Gasteiger charge is 2.09. The van der Waals surface area contributed by atoms with Crippen LogP contribution in [0, 0.1) is 0 Å². The number of nitrogens with one attached hydrogen (secondary N) is 1. The average Bonchev–Trinajstić information content (AvgIpc) is 2.97. The first kappa shape index (κ1) is 17.2. The van der Waals surface area contributed by atoms with Crippen molar-refractivity contribution in [2.24, 2.45) is 0 Å². The van der Waals surface area contributed by atoms with Gasteiger partial charge in [0.25, 0.3) is 0 Å². The lowest BCUT2D eigenvalue weighted by molar-refractivity contribution is -0.116. The summed E-state index contributed by atoms with van der Waals surface area (Å²) in [5, 5.41) is 3.90. The third kappa shape index (κ3) is 4.09. The summed E-state index contributed by atoms with van der Waals surface area (Å²) in [4.78, 5) is 23.9. The quantitative estimate of drug-likeness (QED) is 0.652. The lowest BCUT2D eigenvalue weighted by Crippen LogP contribution is -2.18. The van der Waals surface area contributed by atoms with Crippen LogP contribution in [0.4, 0.5) is 5.69 Å². The van der Waals surface area contributed by atoms with Crippen molar-refractivity contribution in [1.82, 2.24) is 4.57 Å². The third-order valence-corrected chi connectivity index (χ3v) is 4.22. The molecular weight excluding hydrogens is 384 g/mol. The van der Waals surface area contributed by atoms with Crippen molar-refractivity contribution in [3.63, 3.8) is 0 Å². The Morgan fingerprint density at radius 3 is 2.60 bits per heavy atom. The van der Waals surface area contributed by atoms with E-state index in [-0.39, 0.29) is 18.4 Å². The van der Waals surface area contributed by atoms with Gasteiger partial charge in [-0.25, -0.2) is 4.79 Å². The zero-order valence-corrected chi connectivity index (χ0v) is 15.2. The molecule has 1 heterocycles. The van der Waals surface area contributed by atoms with Crippen molar-refractivity contribution in [2.75, 3.05) is 11.9 Å². The molecule has 5 nitrogen and oxygen atoms in total. The van der Waals surface area contributed by atoms with Crippen molar-refractivity contribution in [1.29, 1.82) is 0 Å². The topological polar surface area (TPSA) is 60.3 Å². The highest BCUT2D eigenvalue weighted by Crippen LogP contribution is 2.21. The van der Waals surface area contributed by atoms with Gasteiger partial charge in [-0.15, -0.1) is 0 Å². The summed E-state index contributed by atoms with van der Waals surface area (Å²) >= 11 is 3.44. The molecule has 0 saturated carbocycles. The van der Waals surface area contributed by atoms with Crippen LogP contribution in [0.5, 0.6) is 0 Å². The van der Waals surface area contributed by atoms with Gasteiger partial charge < -0.3 is 14.6 Å². The molecule has 128 valence electrons. The maximum absolute atomic E-state index is 12.3. The number of benzene rings is 2. The molecule has 0 bridgehead atoms. The van der Waals surface area contributed by atoms with E-state index in [1.165, 1.54) is 0 Å². The van der Waals surface area contributed by atoms with Gasteiger partial charge in [-0.2, -0.15) is 0 Å². The number of hydrogen-bond donors (Lipinski definition) is 1. The zero-order valence-electron chi connectivity index (χ0n) is 13.7. The molecule has 3 rings (SSSR count). The molecule has 0 aliphatic rings. The fourth-order valence-electron chi connectivity index (χ4n) is 2.57. The summed E-state index contributed by atoms with van der Waals surface area (Å²) < 4.78 is 7.83. The molecule has 0 aliphatic heterocycles. The summed E-state index contributed by atoms with van der Waals surface area (Å²) in [6.45, 7) is 2.31. The highest BCUT2D eigenvalue weighted by molar-refractivity contribution is 9.10. The Labute approximate surface area is 153 Å². The number of amides is 1. The first-order valence-electron chi connectivity index (χ1n) is 7.88. The zero-order chi connectivity index (χ0) is 17.8. The lowest BCUT2D eigenvalue weighted by atomic mass is 10.2. The Kier molecular flexibility index (Phi) is 5.19. The molecule has 0 saturated heterocycles. The van der Waals surface area contributed by atoms with Crippen LogP contribution >= 0.6 is 15.9 Å². The minimum atomic E-state index is -0.370. The molecule has 0 spiro atoms. The standard InChI is InChI=1S/C19H17BrN2O3/c1-2-25-19(24)13-3-6-16(7-4-13)21-18(23)12-22-10-9-14-11-15(20)5-8-17(14)22/h3-11H,2,12H2,1H3,(H,21,23). The molecule has 1 amide bonds. The molecule has 0 radical (unpaired) electrons. The maximum Gasteiger partial charge on any atom is 0.338 e. The van der Waals surface area contributed by atoms with Gasteiger partial charge in [0.1, 0.15) is 6.54 Å². The second-order valence-corrected chi connectivity index (χ2v) is 6.41. The Balaban J connectivity index is 1.66. The molecular formula is C19H17BrN2O3. The van der Waals surface area contributed by atoms with E-state index in [1.807, 2.05) is 35.0 Å². The molecule has 0 aliphatic carbocycles. The number of esters is 1. The Morgan fingerprint density at radius 2 is 1.88 bits per heavy atom.